The fraction of sp³-hybridized carbons (Fsp3) is 0.444. The van der Waals surface area contributed by atoms with Crippen LogP contribution in [0.3, 0.4) is 0 Å². The Balaban J connectivity index is 1.59. The van der Waals surface area contributed by atoms with Crippen molar-refractivity contribution in [1.29, 1.82) is 0 Å². The number of aromatic nitrogens is 2. The normalized spacial score (nSPS) is 20.3. The smallest absolute Gasteiger partial charge is 0.419 e. The molecule has 0 N–H and O–H groups in total. The Morgan fingerprint density at radius 2 is 1.92 bits per heavy atom. The Labute approximate surface area is 150 Å². The number of hydrogen-bond donors (Lipinski definition) is 0. The Morgan fingerprint density at radius 1 is 1.25 bits per heavy atom. The standard InChI is InChI=1S/C18H21BrN2O3/c1-18(2,3)24-17(22)21-9-8-20-16(21)12-10-15(11-12)23-14-6-4-13(19)5-7-14/h4-9,12,15H,10-11H2,1-3H3. The van der Waals surface area contributed by atoms with Gasteiger partial charge in [-0.2, -0.15) is 0 Å². The van der Waals surface area contributed by atoms with Crippen molar-refractivity contribution in [1.82, 2.24) is 9.55 Å². The van der Waals surface area contributed by atoms with E-state index in [-0.39, 0.29) is 18.1 Å². The second-order valence-electron chi connectivity index (χ2n) is 7.00. The number of benzene rings is 1. The number of carbonyl (C=O) groups excluding carboxylic acids is 1. The zero-order valence-corrected chi connectivity index (χ0v) is 15.6. The van der Waals surface area contributed by atoms with Gasteiger partial charge in [-0.25, -0.2) is 14.3 Å². The van der Waals surface area contributed by atoms with Gasteiger partial charge in [0.25, 0.3) is 0 Å². The summed E-state index contributed by atoms with van der Waals surface area (Å²) < 4.78 is 13.9. The molecule has 0 saturated heterocycles. The second kappa shape index (κ2) is 6.59. The summed E-state index contributed by atoms with van der Waals surface area (Å²) >= 11 is 3.41. The lowest BCUT2D eigenvalue weighted by Gasteiger charge is -2.35. The summed E-state index contributed by atoms with van der Waals surface area (Å²) in [4.78, 5) is 16.6. The van der Waals surface area contributed by atoms with E-state index in [4.69, 9.17) is 9.47 Å². The van der Waals surface area contributed by atoms with Crippen LogP contribution in [0.2, 0.25) is 0 Å². The minimum Gasteiger partial charge on any atom is -0.490 e. The van der Waals surface area contributed by atoms with E-state index < -0.39 is 5.60 Å². The molecule has 0 radical (unpaired) electrons. The van der Waals surface area contributed by atoms with Gasteiger partial charge in [-0.15, -0.1) is 0 Å². The highest BCUT2D eigenvalue weighted by atomic mass is 79.9. The lowest BCUT2D eigenvalue weighted by atomic mass is 9.81. The maximum Gasteiger partial charge on any atom is 0.419 e. The van der Waals surface area contributed by atoms with E-state index in [1.54, 1.807) is 12.4 Å². The highest BCUT2D eigenvalue weighted by Gasteiger charge is 2.36. The topological polar surface area (TPSA) is 53.4 Å². The third-order valence-corrected chi connectivity index (χ3v) is 4.36. The minimum atomic E-state index is -0.522. The van der Waals surface area contributed by atoms with Crippen molar-refractivity contribution < 1.29 is 14.3 Å². The molecule has 0 amide bonds. The predicted octanol–water partition coefficient (Wildman–Crippen LogP) is 4.75. The first-order valence-electron chi connectivity index (χ1n) is 8.00. The number of nitrogens with zero attached hydrogens (tertiary/aromatic N) is 2. The summed E-state index contributed by atoms with van der Waals surface area (Å²) in [5.74, 6) is 1.82. The summed E-state index contributed by atoms with van der Waals surface area (Å²) in [5.41, 5.74) is -0.522. The van der Waals surface area contributed by atoms with Crippen LogP contribution in [0.1, 0.15) is 45.4 Å². The average Bonchev–Trinajstić information content (AvgIpc) is 2.91. The Kier molecular flexibility index (Phi) is 4.67. The van der Waals surface area contributed by atoms with Crippen LogP contribution >= 0.6 is 15.9 Å². The Hall–Kier alpha value is -1.82. The van der Waals surface area contributed by atoms with Crippen LogP contribution in [0.4, 0.5) is 4.79 Å². The lowest BCUT2D eigenvalue weighted by Crippen LogP contribution is -2.35. The van der Waals surface area contributed by atoms with Gasteiger partial charge >= 0.3 is 6.09 Å². The van der Waals surface area contributed by atoms with E-state index in [1.165, 1.54) is 4.57 Å². The van der Waals surface area contributed by atoms with E-state index in [9.17, 15) is 4.79 Å². The first-order valence-corrected chi connectivity index (χ1v) is 8.80. The first kappa shape index (κ1) is 17.0. The van der Waals surface area contributed by atoms with Crippen molar-refractivity contribution in [3.63, 3.8) is 0 Å². The van der Waals surface area contributed by atoms with Crippen LogP contribution in [0.15, 0.2) is 41.1 Å². The average molecular weight is 393 g/mol. The molecule has 1 heterocycles. The fourth-order valence-electron chi connectivity index (χ4n) is 2.66. The van der Waals surface area contributed by atoms with Crippen molar-refractivity contribution in [3.05, 3.63) is 47.0 Å². The molecule has 1 saturated carbocycles. The van der Waals surface area contributed by atoms with Gasteiger partial charge in [-0.05, 0) is 57.9 Å². The van der Waals surface area contributed by atoms with Gasteiger partial charge in [0.1, 0.15) is 23.3 Å². The van der Waals surface area contributed by atoms with Crippen molar-refractivity contribution in [2.24, 2.45) is 0 Å². The summed E-state index contributed by atoms with van der Waals surface area (Å²) in [6.07, 6.45) is 4.76. The number of rotatable bonds is 3. The molecule has 0 aliphatic heterocycles. The van der Waals surface area contributed by atoms with E-state index in [1.807, 2.05) is 45.0 Å². The molecule has 24 heavy (non-hydrogen) atoms. The molecular weight excluding hydrogens is 372 g/mol. The third-order valence-electron chi connectivity index (χ3n) is 3.84. The maximum absolute atomic E-state index is 12.3. The molecule has 0 atom stereocenters. The molecular formula is C18H21BrN2O3. The number of imidazole rings is 1. The van der Waals surface area contributed by atoms with E-state index in [0.717, 1.165) is 28.9 Å². The van der Waals surface area contributed by atoms with Gasteiger partial charge in [0.2, 0.25) is 0 Å². The van der Waals surface area contributed by atoms with Crippen molar-refractivity contribution in [2.45, 2.75) is 51.2 Å². The molecule has 3 rings (SSSR count). The molecule has 1 aromatic heterocycles. The van der Waals surface area contributed by atoms with Gasteiger partial charge in [0.15, 0.2) is 0 Å². The van der Waals surface area contributed by atoms with Gasteiger partial charge in [-0.3, -0.25) is 0 Å². The molecule has 0 bridgehead atoms. The van der Waals surface area contributed by atoms with Crippen LogP contribution in [-0.2, 0) is 4.74 Å². The Bertz CT molecular complexity index is 713. The second-order valence-corrected chi connectivity index (χ2v) is 7.91. The monoisotopic (exact) mass is 392 g/mol. The van der Waals surface area contributed by atoms with Crippen LogP contribution in [0, 0.1) is 0 Å². The highest BCUT2D eigenvalue weighted by Crippen LogP contribution is 2.38. The molecule has 2 aromatic rings. The number of halogens is 1. The molecule has 1 aromatic carbocycles. The van der Waals surface area contributed by atoms with Crippen molar-refractivity contribution in [3.8, 4) is 5.75 Å². The fourth-order valence-corrected chi connectivity index (χ4v) is 2.93. The Morgan fingerprint density at radius 3 is 2.54 bits per heavy atom. The zero-order chi connectivity index (χ0) is 17.3. The first-order chi connectivity index (χ1) is 11.3. The van der Waals surface area contributed by atoms with Crippen LogP contribution in [0.5, 0.6) is 5.75 Å². The summed E-state index contributed by atoms with van der Waals surface area (Å²) in [6, 6.07) is 7.81. The molecule has 1 fully saturated rings. The summed E-state index contributed by atoms with van der Waals surface area (Å²) in [5, 5.41) is 0. The van der Waals surface area contributed by atoms with Crippen LogP contribution in [-0.4, -0.2) is 27.3 Å². The maximum atomic E-state index is 12.3. The SMILES string of the molecule is CC(C)(C)OC(=O)n1ccnc1C1CC(Oc2ccc(Br)cc2)C1. The van der Waals surface area contributed by atoms with Gasteiger partial charge in [0.05, 0.1) is 0 Å². The molecule has 0 spiro atoms. The van der Waals surface area contributed by atoms with Gasteiger partial charge < -0.3 is 9.47 Å². The third kappa shape index (κ3) is 3.98. The molecule has 1 aliphatic rings. The summed E-state index contributed by atoms with van der Waals surface area (Å²) in [6.45, 7) is 5.56. The summed E-state index contributed by atoms with van der Waals surface area (Å²) in [7, 11) is 0. The van der Waals surface area contributed by atoms with E-state index >= 15 is 0 Å². The molecule has 1 aliphatic carbocycles. The van der Waals surface area contributed by atoms with Crippen molar-refractivity contribution >= 4 is 22.0 Å². The van der Waals surface area contributed by atoms with Crippen LogP contribution < -0.4 is 4.74 Å². The van der Waals surface area contributed by atoms with Crippen LogP contribution in [0.25, 0.3) is 0 Å². The molecule has 128 valence electrons. The quantitative estimate of drug-likeness (QED) is 0.755. The largest absolute Gasteiger partial charge is 0.490 e. The predicted molar refractivity (Wildman–Crippen MR) is 94.4 cm³/mol. The van der Waals surface area contributed by atoms with Gasteiger partial charge in [-0.1, -0.05) is 15.9 Å². The molecule has 0 unspecified atom stereocenters. The van der Waals surface area contributed by atoms with E-state index in [2.05, 4.69) is 20.9 Å². The number of hydrogen-bond acceptors (Lipinski definition) is 4. The molecule has 5 nitrogen and oxygen atoms in total. The number of ether oxygens (including phenoxy) is 2. The van der Waals surface area contributed by atoms with E-state index in [0.29, 0.717) is 0 Å². The number of carbonyl (C=O) groups is 1. The van der Waals surface area contributed by atoms with Gasteiger partial charge in [0, 0.05) is 22.8 Å². The minimum absolute atomic E-state index is 0.153. The van der Waals surface area contributed by atoms with Crippen molar-refractivity contribution in [2.75, 3.05) is 0 Å². The lowest BCUT2D eigenvalue weighted by molar-refractivity contribution is 0.0507. The zero-order valence-electron chi connectivity index (χ0n) is 14.0. The highest BCUT2D eigenvalue weighted by molar-refractivity contribution is 9.10. The molecule has 6 heteroatoms.